The van der Waals surface area contributed by atoms with Crippen LogP contribution in [-0.4, -0.2) is 37.7 Å². The van der Waals surface area contributed by atoms with Gasteiger partial charge in [0.1, 0.15) is 5.92 Å². The Morgan fingerprint density at radius 3 is 2.17 bits per heavy atom. The molecule has 0 heterocycles. The van der Waals surface area contributed by atoms with Crippen LogP contribution in [0.1, 0.15) is 27.2 Å². The third-order valence-electron chi connectivity index (χ3n) is 2.28. The van der Waals surface area contributed by atoms with Crippen molar-refractivity contribution in [2.24, 2.45) is 16.5 Å². The van der Waals surface area contributed by atoms with E-state index in [1.807, 2.05) is 0 Å². The Hall–Kier alpha value is -1.15. The van der Waals surface area contributed by atoms with Crippen molar-refractivity contribution >= 4 is 21.9 Å². The van der Waals surface area contributed by atoms with Gasteiger partial charge in [0.25, 0.3) is 0 Å². The average Bonchev–Trinajstić information content (AvgIpc) is 2.07. The quantitative estimate of drug-likeness (QED) is 0.447. The van der Waals surface area contributed by atoms with Gasteiger partial charge < -0.3 is 10.4 Å². The van der Waals surface area contributed by atoms with Crippen LogP contribution in [0.5, 0.6) is 0 Å². The molecule has 0 aliphatic carbocycles. The predicted octanol–water partition coefficient (Wildman–Crippen LogP) is -0.472. The zero-order valence-corrected chi connectivity index (χ0v) is 11.6. The molecule has 0 aromatic carbocycles. The Morgan fingerprint density at radius 2 is 1.83 bits per heavy atom. The topological polar surface area (TPSA) is 127 Å². The van der Waals surface area contributed by atoms with Gasteiger partial charge in [0.2, 0.25) is 15.9 Å². The van der Waals surface area contributed by atoms with Gasteiger partial charge in [-0.3, -0.25) is 9.59 Å². The number of hydrogen-bond donors (Lipinski definition) is 3. The molecular weight excluding hydrogens is 260 g/mol. The number of nitrogens with two attached hydrogens (primary N) is 1. The van der Waals surface area contributed by atoms with Crippen molar-refractivity contribution in [1.82, 2.24) is 5.32 Å². The lowest BCUT2D eigenvalue weighted by Gasteiger charge is -2.25. The summed E-state index contributed by atoms with van der Waals surface area (Å²) in [5.74, 6) is -3.25. The zero-order chi connectivity index (χ0) is 14.6. The Kier molecular flexibility index (Phi) is 5.75. The Balaban J connectivity index is 4.35. The molecule has 0 aliphatic heterocycles. The summed E-state index contributed by atoms with van der Waals surface area (Å²) in [4.78, 5) is 22.7. The van der Waals surface area contributed by atoms with E-state index in [2.05, 4.69) is 5.32 Å². The maximum absolute atomic E-state index is 11.7. The average molecular weight is 280 g/mol. The molecule has 8 heteroatoms. The fourth-order valence-corrected chi connectivity index (χ4v) is 2.01. The summed E-state index contributed by atoms with van der Waals surface area (Å²) < 4.78 is 21.3. The molecule has 0 bridgehead atoms. The lowest BCUT2D eigenvalue weighted by atomic mass is 9.80. The fourth-order valence-electron chi connectivity index (χ4n) is 1.46. The van der Waals surface area contributed by atoms with E-state index in [1.54, 1.807) is 20.8 Å². The van der Waals surface area contributed by atoms with Gasteiger partial charge in [0.05, 0.1) is 5.75 Å². The van der Waals surface area contributed by atoms with E-state index >= 15 is 0 Å². The van der Waals surface area contributed by atoms with Crippen molar-refractivity contribution in [3.63, 3.8) is 0 Å². The number of carbonyl (C=O) groups is 2. The number of hydrogen-bond acceptors (Lipinski definition) is 4. The second-order valence-electron chi connectivity index (χ2n) is 5.15. The first-order chi connectivity index (χ1) is 7.95. The highest BCUT2D eigenvalue weighted by Gasteiger charge is 2.37. The summed E-state index contributed by atoms with van der Waals surface area (Å²) in [7, 11) is -3.55. The molecule has 0 radical (unpaired) electrons. The molecule has 0 aliphatic rings. The molecule has 0 rings (SSSR count). The van der Waals surface area contributed by atoms with Gasteiger partial charge in [0.15, 0.2) is 0 Å². The van der Waals surface area contributed by atoms with E-state index in [-0.39, 0.29) is 18.7 Å². The highest BCUT2D eigenvalue weighted by atomic mass is 32.2. The molecule has 0 spiro atoms. The molecule has 0 fully saturated rings. The summed E-state index contributed by atoms with van der Waals surface area (Å²) in [6.45, 7) is 5.02. The van der Waals surface area contributed by atoms with Crippen LogP contribution >= 0.6 is 0 Å². The summed E-state index contributed by atoms with van der Waals surface area (Å²) in [5, 5.41) is 16.2. The number of rotatable bonds is 6. The number of sulfonamides is 1. The van der Waals surface area contributed by atoms with Gasteiger partial charge in [-0.05, 0) is 11.8 Å². The highest BCUT2D eigenvalue weighted by Crippen LogP contribution is 2.26. The van der Waals surface area contributed by atoms with Crippen molar-refractivity contribution in [1.29, 1.82) is 0 Å². The van der Waals surface area contributed by atoms with E-state index < -0.39 is 33.2 Å². The monoisotopic (exact) mass is 280 g/mol. The first-order valence-electron chi connectivity index (χ1n) is 5.46. The van der Waals surface area contributed by atoms with Gasteiger partial charge in [-0.2, -0.15) is 0 Å². The molecule has 1 unspecified atom stereocenters. The summed E-state index contributed by atoms with van der Waals surface area (Å²) in [6.07, 6.45) is 0.154. The SMILES string of the molecule is CC(C)(C)C(C(=O)O)C(=O)NCCCS(N)(=O)=O. The minimum atomic E-state index is -3.55. The van der Waals surface area contributed by atoms with Crippen LogP contribution in [0.3, 0.4) is 0 Å². The maximum atomic E-state index is 11.7. The molecule has 4 N–H and O–H groups in total. The summed E-state index contributed by atoms with van der Waals surface area (Å²) in [6, 6.07) is 0. The van der Waals surface area contributed by atoms with Crippen LogP contribution < -0.4 is 10.5 Å². The third kappa shape index (κ3) is 6.55. The molecule has 18 heavy (non-hydrogen) atoms. The van der Waals surface area contributed by atoms with E-state index in [9.17, 15) is 18.0 Å². The first kappa shape index (κ1) is 16.9. The Labute approximate surface area is 107 Å². The van der Waals surface area contributed by atoms with Crippen molar-refractivity contribution in [2.75, 3.05) is 12.3 Å². The van der Waals surface area contributed by atoms with Gasteiger partial charge in [-0.25, -0.2) is 13.6 Å². The second kappa shape index (κ2) is 6.14. The summed E-state index contributed by atoms with van der Waals surface area (Å²) >= 11 is 0. The molecule has 0 saturated carbocycles. The first-order valence-corrected chi connectivity index (χ1v) is 7.17. The van der Waals surface area contributed by atoms with E-state index in [0.29, 0.717) is 0 Å². The van der Waals surface area contributed by atoms with Crippen LogP contribution in [0.15, 0.2) is 0 Å². The standard InChI is InChI=1S/C10H20N2O5S/c1-10(2,3)7(9(14)15)8(13)12-5-4-6-18(11,16)17/h7H,4-6H2,1-3H3,(H,12,13)(H,14,15)(H2,11,16,17). The molecule has 7 nitrogen and oxygen atoms in total. The molecule has 0 aromatic heterocycles. The minimum Gasteiger partial charge on any atom is -0.481 e. The van der Waals surface area contributed by atoms with Crippen molar-refractivity contribution in [2.45, 2.75) is 27.2 Å². The number of nitrogens with one attached hydrogen (secondary N) is 1. The van der Waals surface area contributed by atoms with Crippen LogP contribution in [0.2, 0.25) is 0 Å². The molecule has 0 saturated heterocycles. The Bertz CT molecular complexity index is 410. The van der Waals surface area contributed by atoms with Crippen LogP contribution in [0.25, 0.3) is 0 Å². The molecule has 1 amide bonds. The molecule has 1 atom stereocenters. The van der Waals surface area contributed by atoms with Crippen LogP contribution in [0, 0.1) is 11.3 Å². The predicted molar refractivity (Wildman–Crippen MR) is 66.2 cm³/mol. The third-order valence-corrected chi connectivity index (χ3v) is 3.14. The van der Waals surface area contributed by atoms with E-state index in [4.69, 9.17) is 10.2 Å². The smallest absolute Gasteiger partial charge is 0.316 e. The lowest BCUT2D eigenvalue weighted by Crippen LogP contribution is -2.43. The number of aliphatic carboxylic acids is 1. The van der Waals surface area contributed by atoms with Gasteiger partial charge in [0, 0.05) is 6.54 Å². The van der Waals surface area contributed by atoms with Crippen LogP contribution in [0.4, 0.5) is 0 Å². The van der Waals surface area contributed by atoms with Crippen molar-refractivity contribution in [3.8, 4) is 0 Å². The van der Waals surface area contributed by atoms with E-state index in [0.717, 1.165) is 0 Å². The minimum absolute atomic E-state index is 0.0785. The zero-order valence-electron chi connectivity index (χ0n) is 10.8. The van der Waals surface area contributed by atoms with Gasteiger partial charge in [-0.15, -0.1) is 0 Å². The highest BCUT2D eigenvalue weighted by molar-refractivity contribution is 7.89. The molecular formula is C10H20N2O5S. The van der Waals surface area contributed by atoms with Crippen molar-refractivity contribution < 1.29 is 23.1 Å². The number of carbonyl (C=O) groups excluding carboxylic acids is 1. The molecule has 0 aromatic rings. The number of amides is 1. The summed E-state index contributed by atoms with van der Waals surface area (Å²) in [5.41, 5.74) is -0.712. The lowest BCUT2D eigenvalue weighted by molar-refractivity contribution is -0.151. The normalized spacial score (nSPS) is 14.0. The van der Waals surface area contributed by atoms with Crippen LogP contribution in [-0.2, 0) is 19.6 Å². The molecule has 106 valence electrons. The van der Waals surface area contributed by atoms with Crippen molar-refractivity contribution in [3.05, 3.63) is 0 Å². The number of carboxylic acid groups (broad SMARTS) is 1. The fraction of sp³-hybridized carbons (Fsp3) is 0.800. The van der Waals surface area contributed by atoms with E-state index in [1.165, 1.54) is 0 Å². The van der Waals surface area contributed by atoms with Gasteiger partial charge in [-0.1, -0.05) is 20.8 Å². The largest absolute Gasteiger partial charge is 0.481 e. The maximum Gasteiger partial charge on any atom is 0.316 e. The second-order valence-corrected chi connectivity index (χ2v) is 6.88. The number of primary sulfonamides is 1. The number of carboxylic acids is 1. The Morgan fingerprint density at radius 1 is 1.33 bits per heavy atom. The van der Waals surface area contributed by atoms with Gasteiger partial charge >= 0.3 is 5.97 Å².